The summed E-state index contributed by atoms with van der Waals surface area (Å²) in [5.74, 6) is 0. The largest absolute Gasteiger partial charge is 0.310 e. The molecular weight excluding hydrogens is 418 g/mol. The standard InChI is InChI=1S/C6H11N.2C2H7NO4S2/c1-3-5-7-6-4-2;2*1-8(4,5)2-9(3,6)7/h3-4,7H,1-2,5-6H2;2*2H2,1H3,(H2,3,6,7). The Kier molecular flexibility index (Phi) is 14.5. The lowest BCUT2D eigenvalue weighted by Crippen LogP contribution is -2.22. The topological polar surface area (TPSA) is 201 Å². The zero-order valence-electron chi connectivity index (χ0n) is 14.0. The highest BCUT2D eigenvalue weighted by Gasteiger charge is 2.12. The first-order chi connectivity index (χ1) is 10.8. The highest BCUT2D eigenvalue weighted by Crippen LogP contribution is 1.86. The van der Waals surface area contributed by atoms with E-state index in [0.29, 0.717) is 0 Å². The van der Waals surface area contributed by atoms with Crippen molar-refractivity contribution in [2.75, 3.05) is 35.8 Å². The number of nitrogens with one attached hydrogen (secondary N) is 1. The SMILES string of the molecule is C=CCNCC=C.CS(=O)(=O)CS(N)(=O)=O.CS(=O)(=O)CS(N)(=O)=O. The minimum Gasteiger partial charge on any atom is -0.310 e. The van der Waals surface area contributed by atoms with Gasteiger partial charge in [0, 0.05) is 25.6 Å². The van der Waals surface area contributed by atoms with Gasteiger partial charge in [-0.2, -0.15) is 0 Å². The van der Waals surface area contributed by atoms with Gasteiger partial charge in [0.25, 0.3) is 0 Å². The molecule has 0 amide bonds. The molecule has 0 fully saturated rings. The van der Waals surface area contributed by atoms with Crippen LogP contribution >= 0.6 is 0 Å². The third-order valence-corrected chi connectivity index (χ3v) is 7.39. The number of primary sulfonamides is 2. The molecule has 0 aliphatic rings. The van der Waals surface area contributed by atoms with E-state index < -0.39 is 49.9 Å². The second kappa shape index (κ2) is 12.5. The molecule has 0 aromatic heterocycles. The van der Waals surface area contributed by atoms with E-state index >= 15 is 0 Å². The monoisotopic (exact) mass is 443 g/mol. The highest BCUT2D eigenvalue weighted by atomic mass is 32.3. The predicted octanol–water partition coefficient (Wildman–Crippen LogP) is -2.50. The summed E-state index contributed by atoms with van der Waals surface area (Å²) < 4.78 is 80.9. The molecule has 0 spiro atoms. The molecule has 0 heterocycles. The van der Waals surface area contributed by atoms with E-state index in [1.165, 1.54) is 0 Å². The van der Waals surface area contributed by atoms with Gasteiger partial charge in [-0.1, -0.05) is 12.2 Å². The molecule has 5 N–H and O–H groups in total. The third-order valence-electron chi connectivity index (χ3n) is 1.33. The lowest BCUT2D eigenvalue weighted by molar-refractivity contribution is 0.589. The van der Waals surface area contributed by atoms with Crippen molar-refractivity contribution in [2.45, 2.75) is 0 Å². The van der Waals surface area contributed by atoms with Crippen LogP contribution in [0.5, 0.6) is 0 Å². The maximum absolute atomic E-state index is 10.2. The Morgan fingerprint density at radius 3 is 1.04 bits per heavy atom. The second-order valence-corrected chi connectivity index (χ2v) is 12.9. The summed E-state index contributed by atoms with van der Waals surface area (Å²) in [7, 11) is -14.7. The number of nitrogens with two attached hydrogens (primary N) is 2. The Hall–Kier alpha value is -0.840. The normalized spacial score (nSPS) is 12.0. The zero-order valence-corrected chi connectivity index (χ0v) is 17.2. The van der Waals surface area contributed by atoms with Crippen molar-refractivity contribution in [3.63, 3.8) is 0 Å². The number of hydrogen-bond donors (Lipinski definition) is 3. The van der Waals surface area contributed by atoms with E-state index in [2.05, 4.69) is 28.8 Å². The third kappa shape index (κ3) is 45.1. The van der Waals surface area contributed by atoms with Crippen LogP contribution in [0.4, 0.5) is 0 Å². The molecule has 11 nitrogen and oxygen atoms in total. The van der Waals surface area contributed by atoms with E-state index in [0.717, 1.165) is 25.6 Å². The molecule has 0 aliphatic carbocycles. The molecule has 0 radical (unpaired) electrons. The van der Waals surface area contributed by atoms with Crippen LogP contribution in [0.3, 0.4) is 0 Å². The molecule has 25 heavy (non-hydrogen) atoms. The Labute approximate surface area is 150 Å². The first-order valence-corrected chi connectivity index (χ1v) is 13.7. The Morgan fingerprint density at radius 2 is 0.960 bits per heavy atom. The fourth-order valence-corrected chi connectivity index (χ4v) is 5.66. The maximum Gasteiger partial charge on any atom is 0.223 e. The average molecular weight is 444 g/mol. The van der Waals surface area contributed by atoms with Gasteiger partial charge in [0.15, 0.2) is 29.8 Å². The molecule has 0 bridgehead atoms. The lowest BCUT2D eigenvalue weighted by Gasteiger charge is -1.91. The summed E-state index contributed by atoms with van der Waals surface area (Å²) in [6.07, 6.45) is 5.25. The summed E-state index contributed by atoms with van der Waals surface area (Å²) in [5, 5.41) is 9.91. The van der Waals surface area contributed by atoms with Crippen LogP contribution < -0.4 is 15.6 Å². The summed E-state index contributed by atoms with van der Waals surface area (Å²) >= 11 is 0. The van der Waals surface area contributed by atoms with E-state index in [4.69, 9.17) is 0 Å². The van der Waals surface area contributed by atoms with Crippen LogP contribution in [0.15, 0.2) is 25.3 Å². The molecule has 152 valence electrons. The fraction of sp³-hybridized carbons (Fsp3) is 0.600. The van der Waals surface area contributed by atoms with Crippen LogP contribution in [-0.4, -0.2) is 69.4 Å². The fourth-order valence-electron chi connectivity index (χ4n) is 0.884. The Morgan fingerprint density at radius 1 is 0.720 bits per heavy atom. The second-order valence-electron chi connectivity index (χ2n) is 4.65. The van der Waals surface area contributed by atoms with Crippen LogP contribution in [0, 0.1) is 0 Å². The van der Waals surface area contributed by atoms with Crippen LogP contribution in [0.25, 0.3) is 0 Å². The summed E-state index contributed by atoms with van der Waals surface area (Å²) in [5.41, 5.74) is 0. The summed E-state index contributed by atoms with van der Waals surface area (Å²) in [6, 6.07) is 0. The molecule has 0 saturated carbocycles. The molecule has 0 aliphatic heterocycles. The number of hydrogen-bond acceptors (Lipinski definition) is 9. The van der Waals surface area contributed by atoms with Gasteiger partial charge in [0.2, 0.25) is 20.0 Å². The van der Waals surface area contributed by atoms with Gasteiger partial charge >= 0.3 is 0 Å². The summed E-state index contributed by atoms with van der Waals surface area (Å²) in [4.78, 5) is 0. The average Bonchev–Trinajstić information content (AvgIpc) is 2.20. The molecule has 0 aromatic rings. The minimum atomic E-state index is -3.87. The van der Waals surface area contributed by atoms with Gasteiger partial charge in [0.1, 0.15) is 0 Å². The van der Waals surface area contributed by atoms with Crippen molar-refractivity contribution in [3.8, 4) is 0 Å². The van der Waals surface area contributed by atoms with Crippen LogP contribution in [0.2, 0.25) is 0 Å². The van der Waals surface area contributed by atoms with Crippen molar-refractivity contribution in [1.82, 2.24) is 5.32 Å². The zero-order chi connectivity index (χ0) is 20.9. The van der Waals surface area contributed by atoms with Crippen molar-refractivity contribution < 1.29 is 33.7 Å². The van der Waals surface area contributed by atoms with Crippen molar-refractivity contribution in [2.24, 2.45) is 10.3 Å². The molecular formula is C10H25N3O8S4. The molecule has 0 aromatic carbocycles. The Bertz CT molecular complexity index is 681. The quantitative estimate of drug-likeness (QED) is 0.268. The molecule has 15 heteroatoms. The number of rotatable bonds is 8. The van der Waals surface area contributed by atoms with Crippen LogP contribution in [-0.2, 0) is 39.7 Å². The lowest BCUT2D eigenvalue weighted by atomic mass is 10.5. The number of sulfone groups is 2. The van der Waals surface area contributed by atoms with Gasteiger partial charge in [-0.15, -0.1) is 13.2 Å². The summed E-state index contributed by atoms with van der Waals surface area (Å²) in [6.45, 7) is 8.81. The minimum absolute atomic E-state index is 0.803. The molecule has 0 atom stereocenters. The van der Waals surface area contributed by atoms with Gasteiger partial charge in [-0.3, -0.25) is 0 Å². The molecule has 0 rings (SSSR count). The van der Waals surface area contributed by atoms with Crippen molar-refractivity contribution in [1.29, 1.82) is 0 Å². The maximum atomic E-state index is 10.2. The first kappa shape index (κ1) is 28.9. The van der Waals surface area contributed by atoms with E-state index in [9.17, 15) is 33.7 Å². The smallest absolute Gasteiger partial charge is 0.223 e. The number of sulfonamides is 2. The van der Waals surface area contributed by atoms with Crippen LogP contribution in [0.1, 0.15) is 0 Å². The van der Waals surface area contributed by atoms with Gasteiger partial charge in [-0.05, 0) is 0 Å². The Balaban J connectivity index is -0.000000293. The van der Waals surface area contributed by atoms with E-state index in [1.54, 1.807) is 0 Å². The van der Waals surface area contributed by atoms with E-state index in [-0.39, 0.29) is 0 Å². The van der Waals surface area contributed by atoms with Gasteiger partial charge in [-0.25, -0.2) is 43.9 Å². The van der Waals surface area contributed by atoms with Gasteiger partial charge < -0.3 is 5.32 Å². The van der Waals surface area contributed by atoms with E-state index in [1.807, 2.05) is 12.2 Å². The van der Waals surface area contributed by atoms with Gasteiger partial charge in [0.05, 0.1) is 0 Å². The van der Waals surface area contributed by atoms with Crippen molar-refractivity contribution in [3.05, 3.63) is 25.3 Å². The van der Waals surface area contributed by atoms with Crippen molar-refractivity contribution >= 4 is 39.7 Å². The first-order valence-electron chi connectivity index (χ1n) is 6.12. The predicted molar refractivity (Wildman–Crippen MR) is 98.9 cm³/mol. The molecule has 0 unspecified atom stereocenters. The highest BCUT2D eigenvalue weighted by molar-refractivity contribution is 8.07. The molecule has 0 saturated heterocycles.